The zero-order valence-corrected chi connectivity index (χ0v) is 17.5. The minimum Gasteiger partial charge on any atom is -0.506 e. The van der Waals surface area contributed by atoms with Gasteiger partial charge in [0.05, 0.1) is 16.9 Å². The van der Waals surface area contributed by atoms with Crippen LogP contribution in [0.15, 0.2) is 50.6 Å². The average molecular weight is 417 g/mol. The number of phenolic OH excluding ortho intramolecular Hbond substituents is 1. The molecule has 3 rings (SSSR count). The number of hydrogen-bond donors (Lipinski definition) is 1. The molecule has 2 aromatic carbocycles. The zero-order chi connectivity index (χ0) is 21.3. The van der Waals surface area contributed by atoms with Crippen molar-refractivity contribution in [1.29, 1.82) is 0 Å². The molecule has 0 aliphatic carbocycles. The highest BCUT2D eigenvalue weighted by Gasteiger charge is 2.33. The van der Waals surface area contributed by atoms with Gasteiger partial charge in [-0.25, -0.2) is 13.2 Å². The van der Waals surface area contributed by atoms with Crippen molar-refractivity contribution in [1.82, 2.24) is 4.90 Å². The van der Waals surface area contributed by atoms with E-state index < -0.39 is 21.6 Å². The molecule has 0 saturated heterocycles. The number of carbonyl (C=O) groups excluding carboxylic acids is 1. The van der Waals surface area contributed by atoms with Gasteiger partial charge in [0.15, 0.2) is 0 Å². The van der Waals surface area contributed by atoms with E-state index in [4.69, 9.17) is 9.15 Å². The number of nitrogens with zero attached hydrogens (tertiary/aromatic N) is 1. The molecule has 7 nitrogen and oxygen atoms in total. The van der Waals surface area contributed by atoms with Crippen LogP contribution in [0.5, 0.6) is 5.75 Å². The molecule has 0 bridgehead atoms. The first-order chi connectivity index (χ1) is 13.7. The highest BCUT2D eigenvalue weighted by molar-refractivity contribution is 7.91. The van der Waals surface area contributed by atoms with E-state index >= 15 is 0 Å². The van der Waals surface area contributed by atoms with E-state index in [1.807, 2.05) is 0 Å². The summed E-state index contributed by atoms with van der Waals surface area (Å²) in [4.78, 5) is 14.0. The van der Waals surface area contributed by atoms with Gasteiger partial charge in [-0.3, -0.25) is 0 Å². The van der Waals surface area contributed by atoms with Gasteiger partial charge >= 0.3 is 5.97 Å². The molecule has 154 valence electrons. The van der Waals surface area contributed by atoms with E-state index in [0.29, 0.717) is 5.56 Å². The van der Waals surface area contributed by atoms with Gasteiger partial charge in [0, 0.05) is 12.1 Å². The number of benzene rings is 2. The highest BCUT2D eigenvalue weighted by atomic mass is 32.2. The quantitative estimate of drug-likeness (QED) is 0.613. The molecular formula is C21H23NO6S. The van der Waals surface area contributed by atoms with Gasteiger partial charge in [-0.15, -0.1) is 0 Å². The lowest BCUT2D eigenvalue weighted by molar-refractivity contribution is 0.0526. The number of carbonyl (C=O) groups is 1. The first-order valence-electron chi connectivity index (χ1n) is 9.08. The normalized spacial score (nSPS) is 11.9. The van der Waals surface area contributed by atoms with Crippen molar-refractivity contribution < 1.29 is 27.5 Å². The Morgan fingerprint density at radius 3 is 2.45 bits per heavy atom. The summed E-state index contributed by atoms with van der Waals surface area (Å²) >= 11 is 0. The number of hydrogen-bond acceptors (Lipinski definition) is 7. The second-order valence-electron chi connectivity index (χ2n) is 6.89. The zero-order valence-electron chi connectivity index (χ0n) is 16.7. The first kappa shape index (κ1) is 20.9. The van der Waals surface area contributed by atoms with E-state index in [1.54, 1.807) is 57.1 Å². The van der Waals surface area contributed by atoms with Crippen LogP contribution in [0.2, 0.25) is 0 Å². The largest absolute Gasteiger partial charge is 0.506 e. The molecule has 0 aliphatic rings. The van der Waals surface area contributed by atoms with E-state index in [1.165, 1.54) is 12.1 Å². The van der Waals surface area contributed by atoms with Crippen LogP contribution in [-0.2, 0) is 21.1 Å². The molecule has 0 aliphatic heterocycles. The van der Waals surface area contributed by atoms with Gasteiger partial charge in [0.25, 0.3) is 0 Å². The lowest BCUT2D eigenvalue weighted by Crippen LogP contribution is -2.13. The van der Waals surface area contributed by atoms with Crippen molar-refractivity contribution in [3.63, 3.8) is 0 Å². The topological polar surface area (TPSA) is 97.0 Å². The Morgan fingerprint density at radius 2 is 1.86 bits per heavy atom. The minimum atomic E-state index is -4.15. The average Bonchev–Trinajstić information content (AvgIpc) is 2.97. The maximum absolute atomic E-state index is 13.5. The maximum atomic E-state index is 13.5. The van der Waals surface area contributed by atoms with Gasteiger partial charge in [-0.05, 0) is 46.1 Å². The van der Waals surface area contributed by atoms with Gasteiger partial charge < -0.3 is 19.2 Å². The van der Waals surface area contributed by atoms with Gasteiger partial charge in [0.1, 0.15) is 27.6 Å². The van der Waals surface area contributed by atoms with Crippen LogP contribution >= 0.6 is 0 Å². The summed E-state index contributed by atoms with van der Waals surface area (Å²) in [6.45, 7) is 3.63. The number of aryl methyl sites for hydroxylation is 1. The summed E-state index contributed by atoms with van der Waals surface area (Å²) in [5.74, 6) is -0.876. The Balaban J connectivity index is 2.44. The number of fused-ring (bicyclic) bond motifs is 1. The number of ether oxygens (including phenoxy) is 1. The molecule has 0 saturated carbocycles. The summed E-state index contributed by atoms with van der Waals surface area (Å²) < 4.78 is 37.8. The summed E-state index contributed by atoms with van der Waals surface area (Å²) in [7, 11) is -0.552. The molecule has 0 fully saturated rings. The lowest BCUT2D eigenvalue weighted by Gasteiger charge is -2.15. The van der Waals surface area contributed by atoms with E-state index in [-0.39, 0.29) is 45.2 Å². The third-order valence-corrected chi connectivity index (χ3v) is 6.28. The van der Waals surface area contributed by atoms with E-state index in [9.17, 15) is 18.3 Å². The Hall–Kier alpha value is -2.84. The second-order valence-corrected chi connectivity index (χ2v) is 8.78. The van der Waals surface area contributed by atoms with Crippen molar-refractivity contribution in [2.75, 3.05) is 20.7 Å². The number of sulfone groups is 1. The van der Waals surface area contributed by atoms with Crippen LogP contribution in [0.3, 0.4) is 0 Å². The summed E-state index contributed by atoms with van der Waals surface area (Å²) in [6, 6.07) is 9.33. The minimum absolute atomic E-state index is 0.00283. The molecule has 0 spiro atoms. The van der Waals surface area contributed by atoms with Crippen molar-refractivity contribution in [2.45, 2.75) is 30.2 Å². The molecule has 0 unspecified atom stereocenters. The molecule has 1 heterocycles. The smallest absolute Gasteiger partial charge is 0.342 e. The monoisotopic (exact) mass is 417 g/mol. The molecule has 8 heteroatoms. The van der Waals surface area contributed by atoms with Crippen LogP contribution in [0, 0.1) is 6.92 Å². The van der Waals surface area contributed by atoms with Crippen LogP contribution < -0.4 is 0 Å². The van der Waals surface area contributed by atoms with Crippen LogP contribution in [0.25, 0.3) is 11.0 Å². The second kappa shape index (κ2) is 7.88. The highest BCUT2D eigenvalue weighted by Crippen LogP contribution is 2.42. The fraction of sp³-hybridized carbons (Fsp3) is 0.286. The number of esters is 1. The van der Waals surface area contributed by atoms with Crippen molar-refractivity contribution in [3.05, 3.63) is 53.3 Å². The predicted octanol–water partition coefficient (Wildman–Crippen LogP) is 3.52. The van der Waals surface area contributed by atoms with E-state index in [2.05, 4.69) is 0 Å². The number of rotatable bonds is 6. The Bertz CT molecular complexity index is 1160. The first-order valence-corrected chi connectivity index (χ1v) is 10.6. The summed E-state index contributed by atoms with van der Waals surface area (Å²) in [5.41, 5.74) is 0.582. The number of phenols is 1. The van der Waals surface area contributed by atoms with Crippen molar-refractivity contribution in [3.8, 4) is 5.75 Å². The van der Waals surface area contributed by atoms with Crippen LogP contribution in [0.1, 0.15) is 28.6 Å². The van der Waals surface area contributed by atoms with Gasteiger partial charge in [-0.1, -0.05) is 18.2 Å². The summed E-state index contributed by atoms with van der Waals surface area (Å²) in [5, 5.41) is 11.0. The van der Waals surface area contributed by atoms with Crippen molar-refractivity contribution in [2.24, 2.45) is 0 Å². The third kappa shape index (κ3) is 3.73. The Morgan fingerprint density at radius 1 is 1.21 bits per heavy atom. The SMILES string of the molecule is CCOC(=O)c1c(C)oc2cc(CN(C)C)c(O)c(S(=O)(=O)c3ccccc3)c12. The van der Waals surface area contributed by atoms with Crippen LogP contribution in [0.4, 0.5) is 0 Å². The third-order valence-electron chi connectivity index (χ3n) is 4.45. The fourth-order valence-corrected chi connectivity index (χ4v) is 4.88. The molecule has 29 heavy (non-hydrogen) atoms. The van der Waals surface area contributed by atoms with Crippen molar-refractivity contribution >= 4 is 26.8 Å². The van der Waals surface area contributed by atoms with E-state index in [0.717, 1.165) is 0 Å². The molecule has 0 radical (unpaired) electrons. The molecule has 1 N–H and O–H groups in total. The fourth-order valence-electron chi connectivity index (χ4n) is 3.27. The molecule has 0 atom stereocenters. The lowest BCUT2D eigenvalue weighted by atomic mass is 10.1. The molecule has 3 aromatic rings. The number of furan rings is 1. The molecule has 1 aromatic heterocycles. The predicted molar refractivity (Wildman–Crippen MR) is 108 cm³/mol. The maximum Gasteiger partial charge on any atom is 0.342 e. The molecular weight excluding hydrogens is 394 g/mol. The Kier molecular flexibility index (Phi) is 5.68. The van der Waals surface area contributed by atoms with Crippen LogP contribution in [-0.4, -0.2) is 45.1 Å². The van der Waals surface area contributed by atoms with Gasteiger partial charge in [0.2, 0.25) is 9.84 Å². The summed E-state index contributed by atoms with van der Waals surface area (Å²) in [6.07, 6.45) is 0. The number of aromatic hydroxyl groups is 1. The molecule has 0 amide bonds. The van der Waals surface area contributed by atoms with Gasteiger partial charge in [-0.2, -0.15) is 0 Å². The standard InChI is InChI=1S/C21H23NO6S/c1-5-27-21(24)17-13(2)28-16-11-14(12-22(3)4)19(23)20(18(16)17)29(25,26)15-9-7-6-8-10-15/h6-11,23H,5,12H2,1-4H3. The Labute approximate surface area is 169 Å².